The van der Waals surface area contributed by atoms with E-state index in [4.69, 9.17) is 9.16 Å². The predicted molar refractivity (Wildman–Crippen MR) is 141 cm³/mol. The van der Waals surface area contributed by atoms with Crippen molar-refractivity contribution < 1.29 is 18.9 Å². The number of benzene rings is 2. The highest BCUT2D eigenvalue weighted by atomic mass is 28.3. The average Bonchev–Trinajstić information content (AvgIpc) is 2.78. The molecule has 1 aliphatic carbocycles. The second-order valence-corrected chi connectivity index (χ2v) is 12.7. The summed E-state index contributed by atoms with van der Waals surface area (Å²) in [6.45, 7) is 10.3. The van der Waals surface area contributed by atoms with Crippen LogP contribution in [-0.4, -0.2) is 32.1 Å². The Morgan fingerprint density at radius 1 is 1.11 bits per heavy atom. The molecule has 8 nitrogen and oxygen atoms in total. The van der Waals surface area contributed by atoms with Gasteiger partial charge >= 0.3 is 11.7 Å². The molecule has 1 saturated carbocycles. The minimum Gasteiger partial charge on any atom is -0.542 e. The lowest BCUT2D eigenvalue weighted by Gasteiger charge is -2.32. The lowest BCUT2D eigenvalue weighted by molar-refractivity contribution is -0.385. The monoisotopic (exact) mass is 499 g/mol. The maximum atomic E-state index is 13.1. The Kier molecular flexibility index (Phi) is 8.91. The number of urea groups is 1. The number of carbonyl (C=O) groups is 1. The summed E-state index contributed by atoms with van der Waals surface area (Å²) in [6.07, 6.45) is 3.75. The molecule has 35 heavy (non-hydrogen) atoms. The van der Waals surface area contributed by atoms with Crippen molar-refractivity contribution in [1.29, 1.82) is 0 Å². The third-order valence-corrected chi connectivity index (χ3v) is 6.72. The van der Waals surface area contributed by atoms with E-state index in [0.29, 0.717) is 17.9 Å². The van der Waals surface area contributed by atoms with Gasteiger partial charge < -0.3 is 19.8 Å². The van der Waals surface area contributed by atoms with Crippen LogP contribution in [0.4, 0.5) is 16.2 Å². The van der Waals surface area contributed by atoms with E-state index in [1.54, 1.807) is 6.07 Å². The number of ether oxygens (including phenoxy) is 1. The van der Waals surface area contributed by atoms with E-state index < -0.39 is 19.4 Å². The normalized spacial score (nSPS) is 18.2. The number of hydrogen-bond acceptors (Lipinski definition) is 5. The fourth-order valence-electron chi connectivity index (χ4n) is 4.48. The second kappa shape index (κ2) is 11.7. The largest absolute Gasteiger partial charge is 0.542 e. The maximum absolute atomic E-state index is 13.1. The van der Waals surface area contributed by atoms with Crippen molar-refractivity contribution >= 4 is 26.4 Å². The highest BCUT2D eigenvalue weighted by molar-refractivity contribution is 6.49. The number of anilines is 1. The van der Waals surface area contributed by atoms with E-state index in [9.17, 15) is 14.9 Å². The SMILES string of the molecule is C[SiH](C)Oc1c([N+](=O)[O-])ccc(NC(=O)N[C@@H]2CCCC[C@H]2OCc2ccccc2)c1C(C)(C)C. The molecule has 0 saturated heterocycles. The topological polar surface area (TPSA) is 103 Å². The summed E-state index contributed by atoms with van der Waals surface area (Å²) in [5, 5.41) is 17.7. The van der Waals surface area contributed by atoms with Gasteiger partial charge in [-0.2, -0.15) is 0 Å². The number of nitrogens with one attached hydrogen (secondary N) is 2. The Morgan fingerprint density at radius 2 is 1.80 bits per heavy atom. The Morgan fingerprint density at radius 3 is 2.43 bits per heavy atom. The van der Waals surface area contributed by atoms with Gasteiger partial charge in [0.25, 0.3) is 0 Å². The smallest absolute Gasteiger partial charge is 0.319 e. The molecule has 0 aromatic heterocycles. The van der Waals surface area contributed by atoms with Gasteiger partial charge in [0.15, 0.2) is 5.75 Å². The van der Waals surface area contributed by atoms with Crippen LogP contribution < -0.4 is 15.1 Å². The molecule has 2 aromatic rings. The van der Waals surface area contributed by atoms with Gasteiger partial charge in [-0.1, -0.05) is 63.9 Å². The zero-order chi connectivity index (χ0) is 25.6. The first kappa shape index (κ1) is 26.7. The first-order valence-corrected chi connectivity index (χ1v) is 15.1. The Bertz CT molecular complexity index is 1020. The van der Waals surface area contributed by atoms with E-state index in [2.05, 4.69) is 10.6 Å². The molecule has 0 radical (unpaired) electrons. The van der Waals surface area contributed by atoms with Gasteiger partial charge in [-0.15, -0.1) is 0 Å². The molecule has 3 rings (SSSR count). The van der Waals surface area contributed by atoms with Crippen LogP contribution in [0, 0.1) is 10.1 Å². The molecule has 2 N–H and O–H groups in total. The summed E-state index contributed by atoms with van der Waals surface area (Å²) in [4.78, 5) is 24.4. The van der Waals surface area contributed by atoms with Gasteiger partial charge in [-0.05, 0) is 43.0 Å². The number of amides is 2. The number of nitro benzene ring substituents is 1. The summed E-state index contributed by atoms with van der Waals surface area (Å²) < 4.78 is 12.2. The lowest BCUT2D eigenvalue weighted by Crippen LogP contribution is -2.47. The van der Waals surface area contributed by atoms with Crippen molar-refractivity contribution in [1.82, 2.24) is 5.32 Å². The molecule has 0 aliphatic heterocycles. The quantitative estimate of drug-likeness (QED) is 0.267. The third kappa shape index (κ3) is 7.28. The van der Waals surface area contributed by atoms with Crippen molar-refractivity contribution in [2.24, 2.45) is 0 Å². The molecule has 1 aliphatic rings. The van der Waals surface area contributed by atoms with E-state index in [-0.39, 0.29) is 29.6 Å². The number of nitrogens with zero attached hydrogens (tertiary/aromatic N) is 1. The number of hydrogen-bond donors (Lipinski definition) is 2. The molecule has 2 atom stereocenters. The van der Waals surface area contributed by atoms with E-state index in [1.807, 2.05) is 64.2 Å². The van der Waals surface area contributed by atoms with Gasteiger partial charge in [-0.25, -0.2) is 4.79 Å². The van der Waals surface area contributed by atoms with Gasteiger partial charge in [0, 0.05) is 11.6 Å². The molecular weight excluding hydrogens is 462 g/mol. The van der Waals surface area contributed by atoms with Crippen LogP contribution in [0.3, 0.4) is 0 Å². The zero-order valence-corrected chi connectivity index (χ0v) is 22.5. The molecule has 0 unspecified atom stereocenters. The summed E-state index contributed by atoms with van der Waals surface area (Å²) in [7, 11) is -1.65. The highest BCUT2D eigenvalue weighted by Gasteiger charge is 2.32. The van der Waals surface area contributed by atoms with Crippen molar-refractivity contribution in [3.05, 3.63) is 63.7 Å². The van der Waals surface area contributed by atoms with Crippen LogP contribution in [0.2, 0.25) is 13.1 Å². The fraction of sp³-hybridized carbons (Fsp3) is 0.500. The molecule has 9 heteroatoms. The van der Waals surface area contributed by atoms with Gasteiger partial charge in [0.2, 0.25) is 9.04 Å². The number of nitro groups is 1. The summed E-state index contributed by atoms with van der Waals surface area (Å²) in [6, 6.07) is 12.5. The summed E-state index contributed by atoms with van der Waals surface area (Å²) in [5.74, 6) is 0.253. The fourth-order valence-corrected chi connectivity index (χ4v) is 5.19. The molecule has 190 valence electrons. The van der Waals surface area contributed by atoms with Crippen LogP contribution in [0.15, 0.2) is 42.5 Å². The van der Waals surface area contributed by atoms with Crippen LogP contribution in [0.5, 0.6) is 5.75 Å². The van der Waals surface area contributed by atoms with Crippen molar-refractivity contribution in [2.45, 2.75) is 83.7 Å². The number of carbonyl (C=O) groups excluding carboxylic acids is 1. The van der Waals surface area contributed by atoms with Crippen molar-refractivity contribution in [3.63, 3.8) is 0 Å². The molecular formula is C26H37N3O5Si. The summed E-state index contributed by atoms with van der Waals surface area (Å²) in [5.41, 5.74) is 1.68. The average molecular weight is 500 g/mol. The van der Waals surface area contributed by atoms with Crippen LogP contribution >= 0.6 is 0 Å². The Hall–Kier alpha value is -2.91. The molecule has 2 aromatic carbocycles. The Balaban J connectivity index is 1.78. The van der Waals surface area contributed by atoms with Crippen LogP contribution in [0.1, 0.15) is 57.6 Å². The lowest BCUT2D eigenvalue weighted by atomic mass is 9.84. The van der Waals surface area contributed by atoms with Gasteiger partial charge in [-0.3, -0.25) is 10.1 Å². The molecule has 0 heterocycles. The first-order chi connectivity index (χ1) is 16.6. The van der Waals surface area contributed by atoms with Crippen molar-refractivity contribution in [3.8, 4) is 5.75 Å². The van der Waals surface area contributed by atoms with E-state index >= 15 is 0 Å². The number of rotatable bonds is 8. The highest BCUT2D eigenvalue weighted by Crippen LogP contribution is 2.43. The molecule has 0 spiro atoms. The Labute approximate surface area is 209 Å². The van der Waals surface area contributed by atoms with Gasteiger partial charge in [0.1, 0.15) is 0 Å². The molecule has 2 amide bonds. The molecule has 1 fully saturated rings. The minimum atomic E-state index is -1.65. The van der Waals surface area contributed by atoms with E-state index in [0.717, 1.165) is 31.2 Å². The third-order valence-electron chi connectivity index (χ3n) is 6.01. The standard InChI is InChI=1S/C26H37N3O5Si/c1-26(2,3)23-20(15-16-21(29(31)32)24(23)34-35(4)5)28-25(30)27-19-13-9-10-14-22(19)33-17-18-11-7-6-8-12-18/h6-8,11-12,15-16,19,22,35H,9-10,13-14,17H2,1-5H3,(H2,27,28,30)/t19-,22-/m1/s1. The first-order valence-electron chi connectivity index (χ1n) is 12.3. The van der Waals surface area contributed by atoms with Gasteiger partial charge in [0.05, 0.1) is 29.4 Å². The van der Waals surface area contributed by atoms with Crippen LogP contribution in [0.25, 0.3) is 0 Å². The second-order valence-electron chi connectivity index (χ2n) is 10.3. The minimum absolute atomic E-state index is 0.0699. The van der Waals surface area contributed by atoms with E-state index in [1.165, 1.54) is 6.07 Å². The maximum Gasteiger partial charge on any atom is 0.319 e. The molecule has 0 bridgehead atoms. The van der Waals surface area contributed by atoms with Crippen LogP contribution in [-0.2, 0) is 16.8 Å². The summed E-state index contributed by atoms with van der Waals surface area (Å²) >= 11 is 0. The van der Waals surface area contributed by atoms with Crippen molar-refractivity contribution in [2.75, 3.05) is 5.32 Å². The zero-order valence-electron chi connectivity index (χ0n) is 21.3. The predicted octanol–water partition coefficient (Wildman–Crippen LogP) is 5.90.